The number of hydrogen-bond donors (Lipinski definition) is 1. The van der Waals surface area contributed by atoms with Crippen LogP contribution >= 0.6 is 0 Å². The van der Waals surface area contributed by atoms with E-state index in [1.165, 1.54) is 0 Å². The molecule has 0 spiro atoms. The minimum atomic E-state index is -0.114. The van der Waals surface area contributed by atoms with E-state index < -0.39 is 0 Å². The fraction of sp³-hybridized carbons (Fsp3) is 0.333. The molecule has 1 N–H and O–H groups in total. The molecule has 0 saturated carbocycles. The van der Waals surface area contributed by atoms with Crippen LogP contribution in [0.25, 0.3) is 0 Å². The molecule has 0 radical (unpaired) electrons. The zero-order valence-electron chi connectivity index (χ0n) is 8.11. The summed E-state index contributed by atoms with van der Waals surface area (Å²) in [4.78, 5) is 23.0. The van der Waals surface area contributed by atoms with Crippen LogP contribution in [0.4, 0.5) is 5.88 Å². The predicted octanol–water partition coefficient (Wildman–Crippen LogP) is 0.274. The van der Waals surface area contributed by atoms with Gasteiger partial charge < -0.3 is 14.6 Å². The Morgan fingerprint density at radius 1 is 1.64 bits per heavy atom. The largest absolute Gasteiger partial charge is 0.438 e. The molecule has 0 aliphatic carbocycles. The molecule has 0 aromatic carbocycles. The Balaban J connectivity index is 2.64. The molecular weight excluding hydrogens is 184 g/mol. The van der Waals surface area contributed by atoms with Crippen molar-refractivity contribution in [1.82, 2.24) is 5.32 Å². The molecule has 1 aromatic rings. The van der Waals surface area contributed by atoms with E-state index in [9.17, 15) is 9.59 Å². The molecule has 1 rings (SSSR count). The van der Waals surface area contributed by atoms with E-state index in [1.54, 1.807) is 31.1 Å². The second-order valence-electron chi connectivity index (χ2n) is 2.82. The summed E-state index contributed by atoms with van der Waals surface area (Å²) in [6.07, 6.45) is 0.622. The lowest BCUT2D eigenvalue weighted by atomic mass is 10.4. The first-order valence-corrected chi connectivity index (χ1v) is 4.14. The van der Waals surface area contributed by atoms with Gasteiger partial charge in [-0.05, 0) is 6.07 Å². The van der Waals surface area contributed by atoms with Crippen LogP contribution in [0.5, 0.6) is 0 Å². The van der Waals surface area contributed by atoms with Crippen LogP contribution in [-0.4, -0.2) is 32.8 Å². The fourth-order valence-electron chi connectivity index (χ4n) is 0.983. The quantitative estimate of drug-likeness (QED) is 0.702. The number of anilines is 1. The van der Waals surface area contributed by atoms with Crippen molar-refractivity contribution in [2.45, 2.75) is 0 Å². The van der Waals surface area contributed by atoms with Gasteiger partial charge >= 0.3 is 0 Å². The van der Waals surface area contributed by atoms with Gasteiger partial charge in [0, 0.05) is 20.2 Å². The van der Waals surface area contributed by atoms with Gasteiger partial charge in [0.05, 0.1) is 6.54 Å². The second-order valence-corrected chi connectivity index (χ2v) is 2.82. The zero-order chi connectivity index (χ0) is 10.6. The van der Waals surface area contributed by atoms with Gasteiger partial charge in [-0.2, -0.15) is 0 Å². The molecule has 0 aliphatic rings. The summed E-state index contributed by atoms with van der Waals surface area (Å²) in [7, 11) is 3.28. The summed E-state index contributed by atoms with van der Waals surface area (Å²) in [6.45, 7) is 0.197. The maximum Gasteiger partial charge on any atom is 0.239 e. The maximum absolute atomic E-state index is 11.0. The van der Waals surface area contributed by atoms with E-state index in [1.807, 2.05) is 0 Å². The molecule has 1 aromatic heterocycles. The summed E-state index contributed by atoms with van der Waals surface area (Å²) >= 11 is 0. The standard InChI is InChI=1S/C9H12N2O3/c1-10-8(13)5-11(2)9-4-3-7(6-12)14-9/h3-4,6H,5H2,1-2H3,(H,10,13). The molecule has 0 saturated heterocycles. The molecule has 5 nitrogen and oxygen atoms in total. The minimum absolute atomic E-state index is 0.114. The number of nitrogens with one attached hydrogen (secondary N) is 1. The topological polar surface area (TPSA) is 62.6 Å². The van der Waals surface area contributed by atoms with Gasteiger partial charge in [-0.25, -0.2) is 0 Å². The van der Waals surface area contributed by atoms with Gasteiger partial charge in [-0.1, -0.05) is 0 Å². The number of hydrogen-bond acceptors (Lipinski definition) is 4. The van der Waals surface area contributed by atoms with Crippen molar-refractivity contribution in [3.8, 4) is 0 Å². The molecular formula is C9H12N2O3. The molecule has 0 aliphatic heterocycles. The van der Waals surface area contributed by atoms with E-state index in [4.69, 9.17) is 4.42 Å². The van der Waals surface area contributed by atoms with Crippen LogP contribution in [0.15, 0.2) is 16.5 Å². The number of carbonyl (C=O) groups excluding carboxylic acids is 2. The summed E-state index contributed by atoms with van der Waals surface area (Å²) in [5.41, 5.74) is 0. The van der Waals surface area contributed by atoms with Crippen LogP contribution in [0.3, 0.4) is 0 Å². The molecule has 1 amide bonds. The highest BCUT2D eigenvalue weighted by molar-refractivity contribution is 5.80. The Labute approximate surface area is 81.7 Å². The number of carbonyl (C=O) groups is 2. The van der Waals surface area contributed by atoms with Crippen molar-refractivity contribution in [1.29, 1.82) is 0 Å². The van der Waals surface area contributed by atoms with Gasteiger partial charge in [0.25, 0.3) is 0 Å². The Morgan fingerprint density at radius 2 is 2.36 bits per heavy atom. The van der Waals surface area contributed by atoms with E-state index in [0.29, 0.717) is 12.2 Å². The van der Waals surface area contributed by atoms with Crippen LogP contribution in [0.1, 0.15) is 10.6 Å². The molecule has 1 heterocycles. The number of furan rings is 1. The number of nitrogens with zero attached hydrogens (tertiary/aromatic N) is 1. The van der Waals surface area contributed by atoms with Gasteiger partial charge in [0.2, 0.25) is 5.91 Å². The van der Waals surface area contributed by atoms with Gasteiger partial charge in [-0.15, -0.1) is 0 Å². The lowest BCUT2D eigenvalue weighted by Crippen LogP contribution is -2.32. The van der Waals surface area contributed by atoms with E-state index in [-0.39, 0.29) is 18.2 Å². The van der Waals surface area contributed by atoms with Crippen molar-refractivity contribution in [2.24, 2.45) is 0 Å². The Kier molecular flexibility index (Phi) is 3.28. The first-order chi connectivity index (χ1) is 6.67. The average Bonchev–Trinajstić information content (AvgIpc) is 2.65. The van der Waals surface area contributed by atoms with Gasteiger partial charge in [0.1, 0.15) is 0 Å². The third-order valence-electron chi connectivity index (χ3n) is 1.76. The fourth-order valence-corrected chi connectivity index (χ4v) is 0.983. The SMILES string of the molecule is CNC(=O)CN(C)c1ccc(C=O)o1. The third kappa shape index (κ3) is 2.35. The van der Waals surface area contributed by atoms with E-state index in [0.717, 1.165) is 0 Å². The lowest BCUT2D eigenvalue weighted by Gasteiger charge is -2.13. The number of amides is 1. The average molecular weight is 196 g/mol. The molecule has 76 valence electrons. The van der Waals surface area contributed by atoms with Crippen molar-refractivity contribution in [3.63, 3.8) is 0 Å². The number of rotatable bonds is 4. The normalized spacial score (nSPS) is 9.57. The minimum Gasteiger partial charge on any atom is -0.438 e. The highest BCUT2D eigenvalue weighted by Gasteiger charge is 2.09. The van der Waals surface area contributed by atoms with Gasteiger partial charge in [-0.3, -0.25) is 9.59 Å². The molecule has 5 heteroatoms. The lowest BCUT2D eigenvalue weighted by molar-refractivity contribution is -0.119. The van der Waals surface area contributed by atoms with Crippen LogP contribution in [0.2, 0.25) is 0 Å². The van der Waals surface area contributed by atoms with Crippen LogP contribution in [0, 0.1) is 0 Å². The van der Waals surface area contributed by atoms with Crippen molar-refractivity contribution < 1.29 is 14.0 Å². The highest BCUT2D eigenvalue weighted by atomic mass is 16.4. The van der Waals surface area contributed by atoms with Crippen LogP contribution in [-0.2, 0) is 4.79 Å². The van der Waals surface area contributed by atoms with Gasteiger partial charge in [0.15, 0.2) is 17.9 Å². The Morgan fingerprint density at radius 3 is 2.86 bits per heavy atom. The first kappa shape index (κ1) is 10.3. The number of likely N-dealkylation sites (N-methyl/N-ethyl adjacent to an activating group) is 2. The monoisotopic (exact) mass is 196 g/mol. The van der Waals surface area contributed by atoms with E-state index >= 15 is 0 Å². The maximum atomic E-state index is 11.0. The summed E-state index contributed by atoms with van der Waals surface area (Å²) < 4.78 is 5.12. The van der Waals surface area contributed by atoms with Crippen LogP contribution < -0.4 is 10.2 Å². The van der Waals surface area contributed by atoms with E-state index in [2.05, 4.69) is 5.32 Å². The summed E-state index contributed by atoms with van der Waals surface area (Å²) in [6, 6.07) is 3.20. The van der Waals surface area contributed by atoms with Crippen molar-refractivity contribution in [3.05, 3.63) is 17.9 Å². The smallest absolute Gasteiger partial charge is 0.239 e. The molecule has 0 unspecified atom stereocenters. The molecule has 0 atom stereocenters. The third-order valence-corrected chi connectivity index (χ3v) is 1.76. The predicted molar refractivity (Wildman–Crippen MR) is 51.4 cm³/mol. The van der Waals surface area contributed by atoms with Crippen molar-refractivity contribution >= 4 is 18.1 Å². The number of aldehydes is 1. The Bertz CT molecular complexity index is 333. The first-order valence-electron chi connectivity index (χ1n) is 4.14. The zero-order valence-corrected chi connectivity index (χ0v) is 8.11. The highest BCUT2D eigenvalue weighted by Crippen LogP contribution is 2.15. The van der Waals surface area contributed by atoms with Crippen molar-refractivity contribution in [2.75, 3.05) is 25.5 Å². The summed E-state index contributed by atoms with van der Waals surface area (Å²) in [5.74, 6) is 0.635. The molecule has 0 fully saturated rings. The molecule has 14 heavy (non-hydrogen) atoms. The summed E-state index contributed by atoms with van der Waals surface area (Å²) in [5, 5.41) is 2.49. The Hall–Kier alpha value is -1.78. The second kappa shape index (κ2) is 4.45. The molecule has 0 bridgehead atoms.